The molecule has 6 heteroatoms. The molecule has 5 nitrogen and oxygen atoms in total. The summed E-state index contributed by atoms with van der Waals surface area (Å²) in [6, 6.07) is 9.52. The number of likely N-dealkylation sites (tertiary alicyclic amines) is 1. The second kappa shape index (κ2) is 6.89. The fourth-order valence-corrected chi connectivity index (χ4v) is 3.96. The second-order valence-corrected chi connectivity index (χ2v) is 6.51. The number of anilines is 1. The predicted molar refractivity (Wildman–Crippen MR) is 90.9 cm³/mol. The maximum Gasteiger partial charge on any atom is 0.311 e. The number of para-hydroxylation sites is 1. The van der Waals surface area contributed by atoms with E-state index in [1.54, 1.807) is 11.9 Å². The minimum absolute atomic E-state index is 0. The summed E-state index contributed by atoms with van der Waals surface area (Å²) in [5.41, 5.74) is 0.242. The highest BCUT2D eigenvalue weighted by atomic mass is 35.5. The predicted octanol–water partition coefficient (Wildman–Crippen LogP) is 2.26. The zero-order valence-electron chi connectivity index (χ0n) is 13.3. The Morgan fingerprint density at radius 2 is 2.04 bits per heavy atom. The molecule has 1 aliphatic heterocycles. The first-order chi connectivity index (χ1) is 10.5. The number of halogens is 1. The zero-order chi connectivity index (χ0) is 15.7. The number of benzene rings is 1. The van der Waals surface area contributed by atoms with Crippen LogP contribution in [0, 0.1) is 11.3 Å². The Balaban J connectivity index is 0.00000192. The molecule has 2 aliphatic rings. The molecule has 2 fully saturated rings. The number of carbonyl (C=O) groups excluding carboxylic acids is 1. The molecule has 1 amide bonds. The van der Waals surface area contributed by atoms with Crippen LogP contribution in [0.25, 0.3) is 0 Å². The molecule has 1 aromatic carbocycles. The van der Waals surface area contributed by atoms with E-state index in [2.05, 4.69) is 0 Å². The fourth-order valence-electron chi connectivity index (χ4n) is 3.96. The van der Waals surface area contributed by atoms with Crippen molar-refractivity contribution < 1.29 is 14.7 Å². The Bertz CT molecular complexity index is 580. The number of amides is 1. The van der Waals surface area contributed by atoms with Crippen LogP contribution in [0.15, 0.2) is 30.3 Å². The smallest absolute Gasteiger partial charge is 0.311 e. The van der Waals surface area contributed by atoms with E-state index in [1.807, 2.05) is 35.2 Å². The molecule has 0 radical (unpaired) electrons. The Hall–Kier alpha value is -1.59. The summed E-state index contributed by atoms with van der Waals surface area (Å²) in [6.07, 6.45) is 2.69. The van der Waals surface area contributed by atoms with Crippen molar-refractivity contribution in [1.82, 2.24) is 4.90 Å². The van der Waals surface area contributed by atoms with E-state index in [0.717, 1.165) is 31.5 Å². The van der Waals surface area contributed by atoms with Crippen molar-refractivity contribution in [2.75, 3.05) is 31.6 Å². The van der Waals surface area contributed by atoms with Crippen LogP contribution >= 0.6 is 12.4 Å². The van der Waals surface area contributed by atoms with E-state index in [9.17, 15) is 14.7 Å². The lowest BCUT2D eigenvalue weighted by atomic mass is 9.81. The molecule has 0 bridgehead atoms. The van der Waals surface area contributed by atoms with Crippen molar-refractivity contribution in [2.45, 2.75) is 19.3 Å². The summed E-state index contributed by atoms with van der Waals surface area (Å²) in [6.45, 7) is 1.51. The van der Waals surface area contributed by atoms with Crippen LogP contribution in [0.5, 0.6) is 0 Å². The number of hydrogen-bond donors (Lipinski definition) is 1. The lowest BCUT2D eigenvalue weighted by Crippen LogP contribution is -2.40. The largest absolute Gasteiger partial charge is 0.481 e. The van der Waals surface area contributed by atoms with Gasteiger partial charge in [-0.1, -0.05) is 24.6 Å². The molecule has 1 N–H and O–H groups in total. The second-order valence-electron chi connectivity index (χ2n) is 6.51. The van der Waals surface area contributed by atoms with Gasteiger partial charge >= 0.3 is 5.97 Å². The number of aliphatic carboxylic acids is 1. The average Bonchev–Trinajstić information content (AvgIpc) is 3.05. The fraction of sp³-hybridized carbons (Fsp3) is 0.529. The van der Waals surface area contributed by atoms with Crippen molar-refractivity contribution in [2.24, 2.45) is 11.3 Å². The average molecular weight is 339 g/mol. The van der Waals surface area contributed by atoms with Gasteiger partial charge in [-0.25, -0.2) is 0 Å². The summed E-state index contributed by atoms with van der Waals surface area (Å²) in [7, 11) is 1.77. The van der Waals surface area contributed by atoms with Crippen LogP contribution in [0.2, 0.25) is 0 Å². The molecule has 1 aromatic rings. The number of carboxylic acids is 1. The van der Waals surface area contributed by atoms with Gasteiger partial charge in [0.15, 0.2) is 0 Å². The molecule has 1 heterocycles. The Morgan fingerprint density at radius 3 is 2.65 bits per heavy atom. The molecule has 0 spiro atoms. The maximum atomic E-state index is 12.4. The van der Waals surface area contributed by atoms with Crippen LogP contribution < -0.4 is 4.90 Å². The summed E-state index contributed by atoms with van der Waals surface area (Å²) in [5.74, 6) is -0.493. The normalized spacial score (nSPS) is 26.4. The van der Waals surface area contributed by atoms with Gasteiger partial charge in [-0.3, -0.25) is 14.5 Å². The van der Waals surface area contributed by atoms with Gasteiger partial charge in [-0.05, 0) is 30.9 Å². The van der Waals surface area contributed by atoms with Crippen LogP contribution in [0.1, 0.15) is 19.3 Å². The molecular formula is C17H23ClN2O3. The first-order valence-electron chi connectivity index (χ1n) is 7.80. The van der Waals surface area contributed by atoms with Gasteiger partial charge in [-0.15, -0.1) is 12.4 Å². The number of likely N-dealkylation sites (N-methyl/N-ethyl adjacent to an activating group) is 1. The Labute approximate surface area is 142 Å². The number of fused-ring (bicyclic) bond motifs is 1. The van der Waals surface area contributed by atoms with Crippen molar-refractivity contribution in [3.63, 3.8) is 0 Å². The van der Waals surface area contributed by atoms with Crippen molar-refractivity contribution in [1.29, 1.82) is 0 Å². The van der Waals surface area contributed by atoms with E-state index in [1.165, 1.54) is 0 Å². The Morgan fingerprint density at radius 1 is 1.35 bits per heavy atom. The lowest BCUT2D eigenvalue weighted by molar-refractivity contribution is -0.149. The van der Waals surface area contributed by atoms with Gasteiger partial charge in [0.25, 0.3) is 0 Å². The highest BCUT2D eigenvalue weighted by Crippen LogP contribution is 2.48. The SMILES string of the molecule is CN(C(=O)CN1C[C@@H]2CCC[C@@]2(C(=O)O)C1)c1ccccc1.Cl. The third-order valence-corrected chi connectivity index (χ3v) is 5.24. The summed E-state index contributed by atoms with van der Waals surface area (Å²) in [4.78, 5) is 27.8. The first-order valence-corrected chi connectivity index (χ1v) is 7.80. The molecule has 0 aromatic heterocycles. The standard InChI is InChI=1S/C17H22N2O3.ClH/c1-18(14-7-3-2-4-8-14)15(20)11-19-10-13-6-5-9-17(13,12-19)16(21)22;/h2-4,7-8,13H,5-6,9-12H2,1H3,(H,21,22);1H/t13-,17+;/m0./s1. The van der Waals surface area contributed by atoms with Crippen molar-refractivity contribution in [3.8, 4) is 0 Å². The highest BCUT2D eigenvalue weighted by molar-refractivity contribution is 5.94. The van der Waals surface area contributed by atoms with Crippen LogP contribution in [-0.4, -0.2) is 48.6 Å². The summed E-state index contributed by atoms with van der Waals surface area (Å²) < 4.78 is 0. The third kappa shape index (κ3) is 3.21. The number of rotatable bonds is 4. The molecule has 3 rings (SSSR count). The molecule has 23 heavy (non-hydrogen) atoms. The van der Waals surface area contributed by atoms with Gasteiger partial charge in [-0.2, -0.15) is 0 Å². The summed E-state index contributed by atoms with van der Waals surface area (Å²) in [5, 5.41) is 9.59. The van der Waals surface area contributed by atoms with Gasteiger partial charge in [0.1, 0.15) is 0 Å². The molecule has 2 atom stereocenters. The minimum Gasteiger partial charge on any atom is -0.481 e. The van der Waals surface area contributed by atoms with E-state index < -0.39 is 11.4 Å². The zero-order valence-corrected chi connectivity index (χ0v) is 14.1. The molecular weight excluding hydrogens is 316 g/mol. The quantitative estimate of drug-likeness (QED) is 0.914. The minimum atomic E-state index is -0.693. The molecule has 126 valence electrons. The molecule has 1 aliphatic carbocycles. The molecule has 0 unspecified atom stereocenters. The Kier molecular flexibility index (Phi) is 5.32. The number of carboxylic acid groups (broad SMARTS) is 1. The van der Waals surface area contributed by atoms with E-state index >= 15 is 0 Å². The molecule has 1 saturated carbocycles. The van der Waals surface area contributed by atoms with E-state index in [-0.39, 0.29) is 30.8 Å². The lowest BCUT2D eigenvalue weighted by Gasteiger charge is -2.24. The first kappa shape index (κ1) is 17.8. The van der Waals surface area contributed by atoms with Gasteiger partial charge in [0.05, 0.1) is 12.0 Å². The topological polar surface area (TPSA) is 60.9 Å². The molecule has 1 saturated heterocycles. The van der Waals surface area contributed by atoms with Crippen LogP contribution in [0.3, 0.4) is 0 Å². The number of carbonyl (C=O) groups is 2. The maximum absolute atomic E-state index is 12.4. The highest BCUT2D eigenvalue weighted by Gasteiger charge is 2.54. The van der Waals surface area contributed by atoms with Gasteiger partial charge in [0, 0.05) is 25.8 Å². The third-order valence-electron chi connectivity index (χ3n) is 5.24. The number of hydrogen-bond acceptors (Lipinski definition) is 3. The summed E-state index contributed by atoms with van der Waals surface area (Å²) >= 11 is 0. The van der Waals surface area contributed by atoms with Gasteiger partial charge in [0.2, 0.25) is 5.91 Å². The van der Waals surface area contributed by atoms with E-state index in [0.29, 0.717) is 6.54 Å². The van der Waals surface area contributed by atoms with E-state index in [4.69, 9.17) is 0 Å². The van der Waals surface area contributed by atoms with Crippen LogP contribution in [-0.2, 0) is 9.59 Å². The van der Waals surface area contributed by atoms with Gasteiger partial charge < -0.3 is 10.0 Å². The van der Waals surface area contributed by atoms with Crippen molar-refractivity contribution >= 4 is 30.0 Å². The van der Waals surface area contributed by atoms with Crippen LogP contribution in [0.4, 0.5) is 5.69 Å². The monoisotopic (exact) mass is 338 g/mol. The van der Waals surface area contributed by atoms with Crippen molar-refractivity contribution in [3.05, 3.63) is 30.3 Å². The number of nitrogens with zero attached hydrogens (tertiary/aromatic N) is 2.